The summed E-state index contributed by atoms with van der Waals surface area (Å²) in [6.45, 7) is 5.87. The van der Waals surface area contributed by atoms with Crippen LogP contribution >= 0.6 is 12.2 Å². The molecule has 0 atom stereocenters. The van der Waals surface area contributed by atoms with Gasteiger partial charge in [-0.2, -0.15) is 4.80 Å². The number of carbonyl (C=O) groups is 1. The molecular formula is C25H25N5O2S. The van der Waals surface area contributed by atoms with Gasteiger partial charge in [0.1, 0.15) is 16.8 Å². The SMILES string of the molecule is CCc1ccc(-n2nc3cc(C)c(NC(=S)NC(=O)COc4ccccc4C)cc3n2)cc1. The lowest BCUT2D eigenvalue weighted by atomic mass is 10.2. The van der Waals surface area contributed by atoms with Crippen LogP contribution in [0.5, 0.6) is 5.75 Å². The van der Waals surface area contributed by atoms with Crippen molar-refractivity contribution >= 4 is 40.0 Å². The van der Waals surface area contributed by atoms with Crippen LogP contribution in [0.15, 0.2) is 60.7 Å². The quantitative estimate of drug-likeness (QED) is 0.414. The second-order valence-electron chi connectivity index (χ2n) is 7.72. The normalized spacial score (nSPS) is 10.8. The van der Waals surface area contributed by atoms with Crippen LogP contribution in [0.2, 0.25) is 0 Å². The van der Waals surface area contributed by atoms with Crippen molar-refractivity contribution in [2.45, 2.75) is 27.2 Å². The van der Waals surface area contributed by atoms with Crippen molar-refractivity contribution in [1.29, 1.82) is 0 Å². The van der Waals surface area contributed by atoms with Gasteiger partial charge in [-0.05, 0) is 79.5 Å². The molecule has 4 rings (SSSR count). The molecule has 4 aromatic rings. The lowest BCUT2D eigenvalue weighted by molar-refractivity contribution is -0.121. The summed E-state index contributed by atoms with van der Waals surface area (Å²) in [6, 6.07) is 19.5. The maximum Gasteiger partial charge on any atom is 0.264 e. The summed E-state index contributed by atoms with van der Waals surface area (Å²) >= 11 is 5.32. The Morgan fingerprint density at radius 2 is 1.70 bits per heavy atom. The van der Waals surface area contributed by atoms with Gasteiger partial charge < -0.3 is 10.1 Å². The maximum atomic E-state index is 12.2. The number of amides is 1. The molecule has 8 heteroatoms. The van der Waals surface area contributed by atoms with E-state index in [4.69, 9.17) is 17.0 Å². The first-order chi connectivity index (χ1) is 15.9. The second kappa shape index (κ2) is 9.79. The number of thiocarbonyl (C=S) groups is 1. The van der Waals surface area contributed by atoms with E-state index in [1.165, 1.54) is 5.56 Å². The van der Waals surface area contributed by atoms with Gasteiger partial charge in [0, 0.05) is 5.69 Å². The van der Waals surface area contributed by atoms with Crippen molar-refractivity contribution in [3.8, 4) is 11.4 Å². The van der Waals surface area contributed by atoms with Crippen LogP contribution in [0, 0.1) is 13.8 Å². The first-order valence-corrected chi connectivity index (χ1v) is 11.1. The molecule has 0 spiro atoms. The van der Waals surface area contributed by atoms with E-state index in [1.54, 1.807) is 4.80 Å². The molecule has 0 aliphatic carbocycles. The molecule has 0 aliphatic heterocycles. The minimum Gasteiger partial charge on any atom is -0.483 e. The van der Waals surface area contributed by atoms with Crippen LogP contribution in [-0.2, 0) is 11.2 Å². The molecule has 2 N–H and O–H groups in total. The van der Waals surface area contributed by atoms with Crippen LogP contribution in [0.1, 0.15) is 23.6 Å². The average molecular weight is 460 g/mol. The first-order valence-electron chi connectivity index (χ1n) is 10.7. The molecule has 1 heterocycles. The third-order valence-electron chi connectivity index (χ3n) is 5.26. The Hall–Kier alpha value is -3.78. The number of rotatable bonds is 6. The molecule has 0 saturated heterocycles. The predicted octanol–water partition coefficient (Wildman–Crippen LogP) is 4.49. The zero-order chi connectivity index (χ0) is 23.4. The molecule has 1 aromatic heterocycles. The summed E-state index contributed by atoms with van der Waals surface area (Å²) in [5.41, 5.74) is 6.30. The highest BCUT2D eigenvalue weighted by atomic mass is 32.1. The number of ether oxygens (including phenoxy) is 1. The van der Waals surface area contributed by atoms with Crippen molar-refractivity contribution in [1.82, 2.24) is 20.3 Å². The van der Waals surface area contributed by atoms with Crippen LogP contribution in [0.25, 0.3) is 16.7 Å². The van der Waals surface area contributed by atoms with Gasteiger partial charge >= 0.3 is 0 Å². The minimum atomic E-state index is -0.337. The van der Waals surface area contributed by atoms with E-state index in [9.17, 15) is 4.79 Å². The van der Waals surface area contributed by atoms with Gasteiger partial charge in [-0.25, -0.2) is 0 Å². The van der Waals surface area contributed by atoms with Crippen LogP contribution in [0.3, 0.4) is 0 Å². The summed E-state index contributed by atoms with van der Waals surface area (Å²) in [5.74, 6) is 0.330. The van der Waals surface area contributed by atoms with Gasteiger partial charge in [0.15, 0.2) is 11.7 Å². The molecule has 33 heavy (non-hydrogen) atoms. The van der Waals surface area contributed by atoms with Crippen molar-refractivity contribution in [3.05, 3.63) is 77.4 Å². The summed E-state index contributed by atoms with van der Waals surface area (Å²) in [6.07, 6.45) is 0.984. The zero-order valence-electron chi connectivity index (χ0n) is 18.8. The molecule has 0 fully saturated rings. The summed E-state index contributed by atoms with van der Waals surface area (Å²) in [5, 5.41) is 15.1. The van der Waals surface area contributed by atoms with Crippen molar-refractivity contribution < 1.29 is 9.53 Å². The molecule has 3 aromatic carbocycles. The Kier molecular flexibility index (Phi) is 6.65. The number of benzene rings is 3. The number of aryl methyl sites for hydroxylation is 3. The molecule has 0 aliphatic rings. The van der Waals surface area contributed by atoms with E-state index in [1.807, 2.05) is 62.4 Å². The number of carbonyl (C=O) groups excluding carboxylic acids is 1. The third-order valence-corrected chi connectivity index (χ3v) is 5.46. The van der Waals surface area contributed by atoms with E-state index in [0.717, 1.165) is 40.0 Å². The van der Waals surface area contributed by atoms with Crippen LogP contribution < -0.4 is 15.4 Å². The lowest BCUT2D eigenvalue weighted by Crippen LogP contribution is -2.37. The lowest BCUT2D eigenvalue weighted by Gasteiger charge is -2.12. The fourth-order valence-corrected chi connectivity index (χ4v) is 3.58. The first kappa shape index (κ1) is 22.4. The number of anilines is 1. The van der Waals surface area contributed by atoms with Gasteiger partial charge in [0.2, 0.25) is 0 Å². The molecule has 7 nitrogen and oxygen atoms in total. The zero-order valence-corrected chi connectivity index (χ0v) is 19.6. The third kappa shape index (κ3) is 5.35. The van der Waals surface area contributed by atoms with Gasteiger partial charge in [0.25, 0.3) is 5.91 Å². The van der Waals surface area contributed by atoms with Crippen LogP contribution in [-0.4, -0.2) is 32.6 Å². The Morgan fingerprint density at radius 1 is 1.00 bits per heavy atom. The Morgan fingerprint density at radius 3 is 2.39 bits per heavy atom. The van der Waals surface area contributed by atoms with E-state index < -0.39 is 0 Å². The minimum absolute atomic E-state index is 0.129. The predicted molar refractivity (Wildman–Crippen MR) is 134 cm³/mol. The fraction of sp³-hybridized carbons (Fsp3) is 0.200. The Balaban J connectivity index is 1.42. The van der Waals surface area contributed by atoms with Gasteiger partial charge in [-0.15, -0.1) is 10.2 Å². The highest BCUT2D eigenvalue weighted by Crippen LogP contribution is 2.22. The molecule has 1 amide bonds. The number of nitrogens with one attached hydrogen (secondary N) is 2. The number of nitrogens with zero attached hydrogens (tertiary/aromatic N) is 3. The fourth-order valence-electron chi connectivity index (χ4n) is 3.36. The van der Waals surface area contributed by atoms with Gasteiger partial charge in [-0.1, -0.05) is 37.3 Å². The molecule has 0 saturated carbocycles. The van der Waals surface area contributed by atoms with Crippen molar-refractivity contribution in [3.63, 3.8) is 0 Å². The largest absolute Gasteiger partial charge is 0.483 e. The summed E-state index contributed by atoms with van der Waals surface area (Å²) in [4.78, 5) is 13.9. The average Bonchev–Trinajstić information content (AvgIpc) is 3.21. The van der Waals surface area contributed by atoms with E-state index in [0.29, 0.717) is 5.75 Å². The van der Waals surface area contributed by atoms with Crippen molar-refractivity contribution in [2.24, 2.45) is 0 Å². The highest BCUT2D eigenvalue weighted by Gasteiger charge is 2.12. The maximum absolute atomic E-state index is 12.2. The van der Waals surface area contributed by atoms with Crippen molar-refractivity contribution in [2.75, 3.05) is 11.9 Å². The van der Waals surface area contributed by atoms with Crippen LogP contribution in [0.4, 0.5) is 5.69 Å². The Labute approximate surface area is 197 Å². The molecule has 0 radical (unpaired) electrons. The number of para-hydroxylation sites is 1. The molecule has 168 valence electrons. The summed E-state index contributed by atoms with van der Waals surface area (Å²) in [7, 11) is 0. The second-order valence-corrected chi connectivity index (χ2v) is 8.13. The molecule has 0 bridgehead atoms. The number of fused-ring (bicyclic) bond motifs is 1. The summed E-state index contributed by atoms with van der Waals surface area (Å²) < 4.78 is 5.57. The standard InChI is InChI=1S/C25H25N5O2S/c1-4-18-9-11-19(12-10-18)30-28-21-13-17(3)20(14-22(21)29-30)26-25(33)27-24(31)15-32-23-8-6-5-7-16(23)2/h5-14H,4,15H2,1-3H3,(H2,26,27,31,33). The van der Waals surface area contributed by atoms with Gasteiger partial charge in [-0.3, -0.25) is 10.1 Å². The van der Waals surface area contributed by atoms with E-state index >= 15 is 0 Å². The van der Waals surface area contributed by atoms with E-state index in [-0.39, 0.29) is 17.6 Å². The number of aromatic nitrogens is 3. The Bertz CT molecular complexity index is 1310. The smallest absolute Gasteiger partial charge is 0.264 e. The topological polar surface area (TPSA) is 81.1 Å². The van der Waals surface area contributed by atoms with E-state index in [2.05, 4.69) is 39.9 Å². The monoisotopic (exact) mass is 459 g/mol. The number of hydrogen-bond donors (Lipinski definition) is 2. The number of hydrogen-bond acceptors (Lipinski definition) is 5. The molecular weight excluding hydrogens is 434 g/mol. The highest BCUT2D eigenvalue weighted by molar-refractivity contribution is 7.80. The van der Waals surface area contributed by atoms with Gasteiger partial charge in [0.05, 0.1) is 5.69 Å². The molecule has 0 unspecified atom stereocenters.